The lowest BCUT2D eigenvalue weighted by Crippen LogP contribution is -2.48. The van der Waals surface area contributed by atoms with Crippen molar-refractivity contribution in [2.75, 3.05) is 13.1 Å². The minimum absolute atomic E-state index is 0.216. The standard InChI is InChI=1S/C28H30N2O/c31-28(27(22-12-6-2-7-13-22)23-14-8-3-9-15-23)30-20-24-18-25(30)19-26(24)29-17-16-21-10-4-1-5-11-21/h1-15,24-27,29H,16-20H2/t24?,25-,26?/m0/s1. The molecule has 2 aliphatic rings. The van der Waals surface area contributed by atoms with Crippen LogP contribution in [-0.4, -0.2) is 36.0 Å². The highest BCUT2D eigenvalue weighted by Crippen LogP contribution is 2.40. The fraction of sp³-hybridized carbons (Fsp3) is 0.321. The van der Waals surface area contributed by atoms with Crippen LogP contribution in [0.2, 0.25) is 0 Å². The van der Waals surface area contributed by atoms with E-state index in [2.05, 4.69) is 64.8 Å². The van der Waals surface area contributed by atoms with Gasteiger partial charge in [0.25, 0.3) is 0 Å². The molecule has 0 aromatic heterocycles. The average molecular weight is 411 g/mol. The zero-order valence-electron chi connectivity index (χ0n) is 17.9. The Morgan fingerprint density at radius 1 is 0.839 bits per heavy atom. The van der Waals surface area contributed by atoms with E-state index in [1.165, 1.54) is 5.56 Å². The number of hydrogen-bond acceptors (Lipinski definition) is 2. The third-order valence-electron chi connectivity index (χ3n) is 7.00. The van der Waals surface area contributed by atoms with Gasteiger partial charge in [0.1, 0.15) is 0 Å². The molecule has 1 aliphatic carbocycles. The lowest BCUT2D eigenvalue weighted by Gasteiger charge is -2.34. The highest BCUT2D eigenvalue weighted by molar-refractivity contribution is 5.88. The Bertz CT molecular complexity index is 950. The van der Waals surface area contributed by atoms with E-state index in [0.29, 0.717) is 18.0 Å². The molecule has 0 spiro atoms. The smallest absolute Gasteiger partial charge is 0.234 e. The molecule has 1 aliphatic heterocycles. The topological polar surface area (TPSA) is 32.3 Å². The maximum absolute atomic E-state index is 13.7. The number of piperidine rings is 1. The number of carbonyl (C=O) groups is 1. The third kappa shape index (κ3) is 4.28. The van der Waals surface area contributed by atoms with Crippen molar-refractivity contribution in [3.8, 4) is 0 Å². The van der Waals surface area contributed by atoms with E-state index >= 15 is 0 Å². The Balaban J connectivity index is 1.25. The van der Waals surface area contributed by atoms with Crippen molar-refractivity contribution in [1.29, 1.82) is 0 Å². The summed E-state index contributed by atoms with van der Waals surface area (Å²) in [5.74, 6) is 0.607. The van der Waals surface area contributed by atoms with E-state index in [1.54, 1.807) is 0 Å². The van der Waals surface area contributed by atoms with Crippen molar-refractivity contribution in [1.82, 2.24) is 10.2 Å². The zero-order valence-corrected chi connectivity index (χ0v) is 17.9. The first-order valence-corrected chi connectivity index (χ1v) is 11.5. The molecule has 5 rings (SSSR count). The number of benzene rings is 3. The van der Waals surface area contributed by atoms with Crippen LogP contribution in [0.4, 0.5) is 0 Å². The number of nitrogens with one attached hydrogen (secondary N) is 1. The Hall–Kier alpha value is -2.91. The van der Waals surface area contributed by atoms with E-state index < -0.39 is 0 Å². The molecule has 0 radical (unpaired) electrons. The first-order valence-electron chi connectivity index (χ1n) is 11.5. The molecular weight excluding hydrogens is 380 g/mol. The van der Waals surface area contributed by atoms with Gasteiger partial charge in [0.2, 0.25) is 5.91 Å². The molecule has 2 unspecified atom stereocenters. The van der Waals surface area contributed by atoms with E-state index in [4.69, 9.17) is 0 Å². The molecule has 3 heteroatoms. The highest BCUT2D eigenvalue weighted by atomic mass is 16.2. The van der Waals surface area contributed by atoms with Crippen molar-refractivity contribution in [2.45, 2.75) is 37.3 Å². The number of amides is 1. The lowest BCUT2D eigenvalue weighted by molar-refractivity contribution is -0.133. The largest absolute Gasteiger partial charge is 0.338 e. The van der Waals surface area contributed by atoms with Crippen molar-refractivity contribution >= 4 is 5.91 Å². The molecule has 1 N–H and O–H groups in total. The average Bonchev–Trinajstić information content (AvgIpc) is 3.42. The summed E-state index contributed by atoms with van der Waals surface area (Å²) >= 11 is 0. The number of carbonyl (C=O) groups excluding carboxylic acids is 1. The molecular formula is C28H30N2O. The summed E-state index contributed by atoms with van der Waals surface area (Å²) in [7, 11) is 0. The number of rotatable bonds is 7. The maximum Gasteiger partial charge on any atom is 0.234 e. The van der Waals surface area contributed by atoms with Gasteiger partial charge in [0, 0.05) is 18.6 Å². The normalized spacial score (nSPS) is 22.2. The highest BCUT2D eigenvalue weighted by Gasteiger charge is 2.47. The molecule has 3 nitrogen and oxygen atoms in total. The predicted molar refractivity (Wildman–Crippen MR) is 125 cm³/mol. The molecule has 1 saturated carbocycles. The molecule has 1 saturated heterocycles. The zero-order chi connectivity index (χ0) is 21.0. The van der Waals surface area contributed by atoms with Gasteiger partial charge in [0.05, 0.1) is 5.92 Å². The first-order chi connectivity index (χ1) is 15.3. The first kappa shape index (κ1) is 20.0. The second kappa shape index (κ2) is 9.07. The molecule has 31 heavy (non-hydrogen) atoms. The van der Waals surface area contributed by atoms with Gasteiger partial charge in [-0.15, -0.1) is 0 Å². The summed E-state index contributed by atoms with van der Waals surface area (Å²) in [5.41, 5.74) is 3.54. The van der Waals surface area contributed by atoms with Gasteiger partial charge in [-0.3, -0.25) is 4.79 Å². The van der Waals surface area contributed by atoms with Crippen LogP contribution in [0.1, 0.15) is 35.4 Å². The Morgan fingerprint density at radius 3 is 1.97 bits per heavy atom. The molecule has 3 aromatic carbocycles. The van der Waals surface area contributed by atoms with Crippen LogP contribution < -0.4 is 5.32 Å². The molecule has 158 valence electrons. The van der Waals surface area contributed by atoms with Crippen LogP contribution in [0.15, 0.2) is 91.0 Å². The number of hydrogen-bond donors (Lipinski definition) is 1. The number of nitrogens with zero attached hydrogens (tertiary/aromatic N) is 1. The Kier molecular flexibility index (Phi) is 5.86. The quantitative estimate of drug-likeness (QED) is 0.615. The van der Waals surface area contributed by atoms with E-state index in [9.17, 15) is 4.79 Å². The summed E-state index contributed by atoms with van der Waals surface area (Å²) in [6, 6.07) is 32.0. The molecule has 2 fully saturated rings. The van der Waals surface area contributed by atoms with Crippen molar-refractivity contribution in [2.24, 2.45) is 5.92 Å². The van der Waals surface area contributed by atoms with Gasteiger partial charge < -0.3 is 10.2 Å². The van der Waals surface area contributed by atoms with Crippen LogP contribution >= 0.6 is 0 Å². The van der Waals surface area contributed by atoms with Crippen molar-refractivity contribution < 1.29 is 4.79 Å². The van der Waals surface area contributed by atoms with Gasteiger partial charge in [-0.1, -0.05) is 91.0 Å². The summed E-state index contributed by atoms with van der Waals surface area (Å²) < 4.78 is 0. The summed E-state index contributed by atoms with van der Waals surface area (Å²) in [6.45, 7) is 1.88. The van der Waals surface area contributed by atoms with Gasteiger partial charge in [-0.25, -0.2) is 0 Å². The fourth-order valence-corrected chi connectivity index (χ4v) is 5.45. The fourth-order valence-electron chi connectivity index (χ4n) is 5.45. The Labute approximate surface area is 185 Å². The van der Waals surface area contributed by atoms with E-state index in [1.807, 2.05) is 36.4 Å². The van der Waals surface area contributed by atoms with E-state index in [0.717, 1.165) is 43.5 Å². The minimum atomic E-state index is -0.216. The lowest BCUT2D eigenvalue weighted by atomic mass is 9.89. The number of likely N-dealkylation sites (tertiary alicyclic amines) is 1. The summed E-state index contributed by atoms with van der Waals surface area (Å²) in [6.07, 6.45) is 3.26. The van der Waals surface area contributed by atoms with Crippen molar-refractivity contribution in [3.05, 3.63) is 108 Å². The van der Waals surface area contributed by atoms with Gasteiger partial charge in [-0.05, 0) is 48.4 Å². The van der Waals surface area contributed by atoms with Gasteiger partial charge in [-0.2, -0.15) is 0 Å². The number of fused-ring (bicyclic) bond motifs is 2. The molecule has 1 heterocycles. The molecule has 3 atom stereocenters. The third-order valence-corrected chi connectivity index (χ3v) is 7.00. The van der Waals surface area contributed by atoms with E-state index in [-0.39, 0.29) is 11.8 Å². The van der Waals surface area contributed by atoms with Crippen LogP contribution in [0.5, 0.6) is 0 Å². The van der Waals surface area contributed by atoms with Gasteiger partial charge >= 0.3 is 0 Å². The molecule has 1 amide bonds. The minimum Gasteiger partial charge on any atom is -0.338 e. The van der Waals surface area contributed by atoms with Crippen molar-refractivity contribution in [3.63, 3.8) is 0 Å². The van der Waals surface area contributed by atoms with Crippen LogP contribution in [0, 0.1) is 5.92 Å². The van der Waals surface area contributed by atoms with Crippen LogP contribution in [0.25, 0.3) is 0 Å². The molecule has 3 aromatic rings. The van der Waals surface area contributed by atoms with Crippen LogP contribution in [-0.2, 0) is 11.2 Å². The SMILES string of the molecule is O=C(C(c1ccccc1)c1ccccc1)N1CC2C[C@H]1CC2NCCc1ccccc1. The second-order valence-electron chi connectivity index (χ2n) is 8.93. The monoisotopic (exact) mass is 410 g/mol. The molecule has 2 bridgehead atoms. The maximum atomic E-state index is 13.7. The Morgan fingerprint density at radius 2 is 1.42 bits per heavy atom. The summed E-state index contributed by atoms with van der Waals surface area (Å²) in [4.78, 5) is 15.9. The summed E-state index contributed by atoms with van der Waals surface area (Å²) in [5, 5.41) is 3.78. The second-order valence-corrected chi connectivity index (χ2v) is 8.93. The van der Waals surface area contributed by atoms with Gasteiger partial charge in [0.15, 0.2) is 0 Å². The van der Waals surface area contributed by atoms with Crippen LogP contribution in [0.3, 0.4) is 0 Å². The predicted octanol–water partition coefficient (Wildman–Crippen LogP) is 4.64.